The van der Waals surface area contributed by atoms with Gasteiger partial charge >= 0.3 is 0 Å². The summed E-state index contributed by atoms with van der Waals surface area (Å²) in [7, 11) is 2.83. The molecular weight excluding hydrogens is 451 g/mol. The molecule has 2 N–H and O–H groups in total. The number of rotatable bonds is 8. The van der Waals surface area contributed by atoms with E-state index in [1.807, 2.05) is 19.1 Å². The lowest BCUT2D eigenvalue weighted by Crippen LogP contribution is -2.37. The zero-order chi connectivity index (χ0) is 24.9. The van der Waals surface area contributed by atoms with Crippen molar-refractivity contribution in [3.63, 3.8) is 0 Å². The summed E-state index contributed by atoms with van der Waals surface area (Å²) in [6.07, 6.45) is 2.65. The number of ether oxygens (including phenoxy) is 2. The fourth-order valence-electron chi connectivity index (χ4n) is 4.08. The average Bonchev–Trinajstić information content (AvgIpc) is 3.41. The number of carbonyl (C=O) groups is 2. The Labute approximate surface area is 202 Å². The van der Waals surface area contributed by atoms with Gasteiger partial charge < -0.3 is 19.8 Å². The van der Waals surface area contributed by atoms with Gasteiger partial charge in [-0.25, -0.2) is 9.40 Å². The van der Waals surface area contributed by atoms with Crippen molar-refractivity contribution < 1.29 is 23.5 Å². The fourth-order valence-corrected chi connectivity index (χ4v) is 4.08. The van der Waals surface area contributed by atoms with Crippen LogP contribution in [0, 0.1) is 11.7 Å². The van der Waals surface area contributed by atoms with Gasteiger partial charge in [0.15, 0.2) is 17.3 Å². The van der Waals surface area contributed by atoms with Crippen molar-refractivity contribution in [2.45, 2.75) is 26.3 Å². The molecule has 2 amide bonds. The van der Waals surface area contributed by atoms with E-state index < -0.39 is 5.82 Å². The van der Waals surface area contributed by atoms with E-state index in [4.69, 9.17) is 9.47 Å². The first-order valence-corrected chi connectivity index (χ1v) is 11.3. The van der Waals surface area contributed by atoms with E-state index >= 15 is 0 Å². The molecular formula is C26H27FN4O4. The zero-order valence-corrected chi connectivity index (χ0v) is 19.8. The first kappa shape index (κ1) is 24.0. The Morgan fingerprint density at radius 3 is 2.51 bits per heavy atom. The lowest BCUT2D eigenvalue weighted by atomic mass is 9.89. The number of H-pyrrole nitrogens is 1. The number of aromatic amines is 1. The topological polar surface area (TPSA) is 96.0 Å². The number of carbonyl (C=O) groups excluding carboxylic acids is 2. The Hall–Kier alpha value is -4.14. The Morgan fingerprint density at radius 2 is 1.89 bits per heavy atom. The van der Waals surface area contributed by atoms with E-state index in [1.54, 1.807) is 36.5 Å². The van der Waals surface area contributed by atoms with Gasteiger partial charge in [-0.3, -0.25) is 9.59 Å². The van der Waals surface area contributed by atoms with E-state index in [0.29, 0.717) is 29.1 Å². The molecule has 0 aliphatic carbocycles. The molecule has 4 rings (SSSR count). The highest BCUT2D eigenvalue weighted by Gasteiger charge is 2.32. The smallest absolute Gasteiger partial charge is 0.272 e. The van der Waals surface area contributed by atoms with Crippen molar-refractivity contribution in [2.24, 2.45) is 11.0 Å². The van der Waals surface area contributed by atoms with Gasteiger partial charge in [-0.05, 0) is 48.4 Å². The molecule has 35 heavy (non-hydrogen) atoms. The molecule has 0 saturated heterocycles. The van der Waals surface area contributed by atoms with Crippen molar-refractivity contribution >= 4 is 23.2 Å². The number of amides is 2. The number of hydrogen-bond donors (Lipinski definition) is 2. The third kappa shape index (κ3) is 5.03. The highest BCUT2D eigenvalue weighted by atomic mass is 19.1. The SMILES string of the molecule is CCC1CC(=O)N(Cc2ccc(NC(=O)c3ccc[nH]3)cc2)N=C1c1ccc(F)c(OC)c1OC. The minimum absolute atomic E-state index is 0.00277. The third-order valence-corrected chi connectivity index (χ3v) is 5.95. The van der Waals surface area contributed by atoms with Gasteiger partial charge in [-0.1, -0.05) is 19.1 Å². The van der Waals surface area contributed by atoms with Crippen molar-refractivity contribution in [1.82, 2.24) is 9.99 Å². The minimum Gasteiger partial charge on any atom is -0.492 e. The number of aromatic nitrogens is 1. The maximum absolute atomic E-state index is 14.2. The summed E-state index contributed by atoms with van der Waals surface area (Å²) in [5.41, 5.74) is 3.19. The monoisotopic (exact) mass is 478 g/mol. The van der Waals surface area contributed by atoms with Crippen LogP contribution in [0.25, 0.3) is 0 Å². The van der Waals surface area contributed by atoms with Crippen LogP contribution in [0.3, 0.4) is 0 Å². The largest absolute Gasteiger partial charge is 0.492 e. The van der Waals surface area contributed by atoms with Gasteiger partial charge in [0.1, 0.15) is 5.69 Å². The first-order chi connectivity index (χ1) is 16.9. The normalized spacial score (nSPS) is 15.5. The van der Waals surface area contributed by atoms with Crippen LogP contribution < -0.4 is 14.8 Å². The highest BCUT2D eigenvalue weighted by Crippen LogP contribution is 2.37. The first-order valence-electron chi connectivity index (χ1n) is 11.3. The lowest BCUT2D eigenvalue weighted by Gasteiger charge is -2.30. The van der Waals surface area contributed by atoms with Crippen LogP contribution in [0.1, 0.15) is 41.4 Å². The summed E-state index contributed by atoms with van der Waals surface area (Å²) in [6, 6.07) is 13.6. The second kappa shape index (κ2) is 10.4. The van der Waals surface area contributed by atoms with Crippen molar-refractivity contribution in [3.8, 4) is 11.5 Å². The number of hydrazone groups is 1. The molecule has 1 aliphatic heterocycles. The van der Waals surface area contributed by atoms with E-state index in [9.17, 15) is 14.0 Å². The van der Waals surface area contributed by atoms with Gasteiger partial charge in [0.05, 0.1) is 26.5 Å². The van der Waals surface area contributed by atoms with Crippen LogP contribution in [0.15, 0.2) is 59.8 Å². The number of nitrogens with one attached hydrogen (secondary N) is 2. The maximum Gasteiger partial charge on any atom is 0.272 e. The predicted octanol–water partition coefficient (Wildman–Crippen LogP) is 4.59. The standard InChI is InChI=1S/C26H27FN4O4/c1-4-17-14-22(32)31(30-23(17)19-11-12-20(27)25(35-3)24(19)34-2)15-16-7-9-18(10-8-16)29-26(33)21-6-5-13-28-21/h5-13,17,28H,4,14-15H2,1-3H3,(H,29,33). The minimum atomic E-state index is -0.533. The molecule has 3 aromatic rings. The molecule has 0 bridgehead atoms. The second-order valence-electron chi connectivity index (χ2n) is 8.14. The summed E-state index contributed by atoms with van der Waals surface area (Å²) >= 11 is 0. The number of benzene rings is 2. The second-order valence-corrected chi connectivity index (χ2v) is 8.14. The molecule has 1 atom stereocenters. The van der Waals surface area contributed by atoms with Gasteiger partial charge in [0.25, 0.3) is 5.91 Å². The van der Waals surface area contributed by atoms with Gasteiger partial charge in [0.2, 0.25) is 5.91 Å². The van der Waals surface area contributed by atoms with Crippen LogP contribution >= 0.6 is 0 Å². The van der Waals surface area contributed by atoms with Gasteiger partial charge in [-0.2, -0.15) is 5.10 Å². The zero-order valence-electron chi connectivity index (χ0n) is 19.8. The van der Waals surface area contributed by atoms with Crippen LogP contribution in [0.2, 0.25) is 0 Å². The molecule has 2 aromatic carbocycles. The molecule has 0 saturated carbocycles. The summed E-state index contributed by atoms with van der Waals surface area (Å²) < 4.78 is 24.9. The number of nitrogens with zero attached hydrogens (tertiary/aromatic N) is 2. The Balaban J connectivity index is 1.58. The summed E-state index contributed by atoms with van der Waals surface area (Å²) in [4.78, 5) is 27.9. The summed E-state index contributed by atoms with van der Waals surface area (Å²) in [6.45, 7) is 2.24. The van der Waals surface area contributed by atoms with Gasteiger partial charge in [0, 0.05) is 29.8 Å². The predicted molar refractivity (Wildman–Crippen MR) is 130 cm³/mol. The van der Waals surface area contributed by atoms with E-state index in [0.717, 1.165) is 5.56 Å². The molecule has 8 nitrogen and oxygen atoms in total. The molecule has 182 valence electrons. The average molecular weight is 479 g/mol. The molecule has 1 aromatic heterocycles. The van der Waals surface area contributed by atoms with Crippen LogP contribution in [0.5, 0.6) is 11.5 Å². The molecule has 1 aliphatic rings. The van der Waals surface area contributed by atoms with E-state index in [2.05, 4.69) is 15.4 Å². The summed E-state index contributed by atoms with van der Waals surface area (Å²) in [5, 5.41) is 8.91. The van der Waals surface area contributed by atoms with Crippen molar-refractivity contribution in [3.05, 3.63) is 77.4 Å². The van der Waals surface area contributed by atoms with Gasteiger partial charge in [-0.15, -0.1) is 0 Å². The number of halogens is 1. The Kier molecular flexibility index (Phi) is 7.14. The maximum atomic E-state index is 14.2. The molecule has 1 unspecified atom stereocenters. The summed E-state index contributed by atoms with van der Waals surface area (Å²) in [5.74, 6) is -0.748. The highest BCUT2D eigenvalue weighted by molar-refractivity contribution is 6.08. The fraction of sp³-hybridized carbons (Fsp3) is 0.269. The third-order valence-electron chi connectivity index (χ3n) is 5.95. The molecule has 0 spiro atoms. The van der Waals surface area contributed by atoms with Crippen LogP contribution in [-0.2, 0) is 11.3 Å². The van der Waals surface area contributed by atoms with Crippen LogP contribution in [-0.4, -0.2) is 41.7 Å². The van der Waals surface area contributed by atoms with Crippen molar-refractivity contribution in [1.29, 1.82) is 0 Å². The molecule has 9 heteroatoms. The Bertz CT molecular complexity index is 1240. The number of anilines is 1. The molecule has 2 heterocycles. The molecule has 0 fully saturated rings. The number of hydrogen-bond acceptors (Lipinski definition) is 5. The molecule has 0 radical (unpaired) electrons. The van der Waals surface area contributed by atoms with Crippen molar-refractivity contribution in [2.75, 3.05) is 19.5 Å². The van der Waals surface area contributed by atoms with E-state index in [-0.39, 0.29) is 42.2 Å². The quantitative estimate of drug-likeness (QED) is 0.495. The number of methoxy groups -OCH3 is 2. The Morgan fingerprint density at radius 1 is 1.14 bits per heavy atom. The lowest BCUT2D eigenvalue weighted by molar-refractivity contribution is -0.133. The van der Waals surface area contributed by atoms with E-state index in [1.165, 1.54) is 25.3 Å². The van der Waals surface area contributed by atoms with Crippen LogP contribution in [0.4, 0.5) is 10.1 Å².